The third kappa shape index (κ3) is 5.34. The van der Waals surface area contributed by atoms with Crippen LogP contribution in [0.1, 0.15) is 38.7 Å². The van der Waals surface area contributed by atoms with Gasteiger partial charge in [0.25, 0.3) is 0 Å². The van der Waals surface area contributed by atoms with E-state index in [0.717, 1.165) is 18.4 Å². The van der Waals surface area contributed by atoms with Crippen molar-refractivity contribution in [3.05, 3.63) is 101 Å². The van der Waals surface area contributed by atoms with Crippen LogP contribution in [0.5, 0.6) is 5.75 Å². The van der Waals surface area contributed by atoms with Crippen LogP contribution in [0.15, 0.2) is 84.0 Å². The molecule has 182 valence electrons. The predicted molar refractivity (Wildman–Crippen MR) is 132 cm³/mol. The first-order valence-electron chi connectivity index (χ1n) is 12.0. The van der Waals surface area contributed by atoms with E-state index in [1.54, 1.807) is 42.5 Å². The Hall–Kier alpha value is -3.34. The van der Waals surface area contributed by atoms with Crippen LogP contribution in [0, 0.1) is 17.6 Å². The molecule has 0 amide bonds. The Kier molecular flexibility index (Phi) is 7.74. The molecule has 0 fully saturated rings. The monoisotopic (exact) mass is 480 g/mol. The normalized spacial score (nSPS) is 15.8. The third-order valence-electron chi connectivity index (χ3n) is 6.44. The summed E-state index contributed by atoms with van der Waals surface area (Å²) in [4.78, 5) is 0. The Balaban J connectivity index is 1.47. The van der Waals surface area contributed by atoms with Crippen molar-refractivity contribution in [3.63, 3.8) is 0 Å². The van der Waals surface area contributed by atoms with Gasteiger partial charge in [0.15, 0.2) is 17.5 Å². The van der Waals surface area contributed by atoms with E-state index in [9.17, 15) is 17.6 Å². The molecule has 1 aliphatic carbocycles. The summed E-state index contributed by atoms with van der Waals surface area (Å²) in [5.74, 6) is -3.39. The standard InChI is InChI=1S/C30H28F4O/c1-3-5-19-6-8-21(9-7-19)25-16-17-26(30(34)29(25)33)22-12-14-24(15-13-22)35-18-23-11-10-20(4-2)27(31)28(23)32/h6-9,11-17,20H,3-5,10,18H2,1-2H3/t20-/m0/s1. The first-order chi connectivity index (χ1) is 16.9. The van der Waals surface area contributed by atoms with Gasteiger partial charge in [-0.2, -0.15) is 0 Å². The second kappa shape index (κ2) is 10.9. The fourth-order valence-electron chi connectivity index (χ4n) is 4.31. The quantitative estimate of drug-likeness (QED) is 0.292. The molecule has 0 saturated carbocycles. The second-order valence-corrected chi connectivity index (χ2v) is 8.78. The minimum atomic E-state index is -0.922. The lowest BCUT2D eigenvalue weighted by atomic mass is 9.93. The number of hydrogen-bond donors (Lipinski definition) is 0. The molecule has 0 aliphatic heterocycles. The van der Waals surface area contributed by atoms with Gasteiger partial charge in [-0.15, -0.1) is 0 Å². The zero-order valence-corrected chi connectivity index (χ0v) is 19.9. The Morgan fingerprint density at radius 3 is 1.89 bits per heavy atom. The van der Waals surface area contributed by atoms with Gasteiger partial charge in [-0.3, -0.25) is 0 Å². The maximum atomic E-state index is 15.0. The van der Waals surface area contributed by atoms with Crippen LogP contribution in [-0.2, 0) is 6.42 Å². The molecule has 3 aromatic carbocycles. The van der Waals surface area contributed by atoms with Crippen molar-refractivity contribution in [1.29, 1.82) is 0 Å². The zero-order valence-electron chi connectivity index (χ0n) is 19.9. The van der Waals surface area contributed by atoms with Gasteiger partial charge < -0.3 is 4.74 Å². The summed E-state index contributed by atoms with van der Waals surface area (Å²) >= 11 is 0. The highest BCUT2D eigenvalue weighted by molar-refractivity contribution is 5.72. The molecule has 1 nitrogen and oxygen atoms in total. The van der Waals surface area contributed by atoms with Crippen molar-refractivity contribution in [2.45, 2.75) is 39.5 Å². The summed E-state index contributed by atoms with van der Waals surface area (Å²) in [6.07, 6.45) is 4.60. The van der Waals surface area contributed by atoms with Gasteiger partial charge in [-0.25, -0.2) is 17.6 Å². The number of allylic oxidation sites excluding steroid dienone is 2. The van der Waals surface area contributed by atoms with Crippen molar-refractivity contribution in [3.8, 4) is 28.0 Å². The molecule has 0 N–H and O–H groups in total. The number of rotatable bonds is 8. The van der Waals surface area contributed by atoms with E-state index in [-0.39, 0.29) is 23.3 Å². The molecule has 0 spiro atoms. The van der Waals surface area contributed by atoms with E-state index in [2.05, 4.69) is 6.92 Å². The van der Waals surface area contributed by atoms with Crippen LogP contribution < -0.4 is 4.74 Å². The van der Waals surface area contributed by atoms with Crippen LogP contribution in [0.2, 0.25) is 0 Å². The van der Waals surface area contributed by atoms with Crippen molar-refractivity contribution in [2.24, 2.45) is 5.92 Å². The van der Waals surface area contributed by atoms with E-state index in [1.165, 1.54) is 0 Å². The first-order valence-corrected chi connectivity index (χ1v) is 12.0. The summed E-state index contributed by atoms with van der Waals surface area (Å²) in [6, 6.07) is 17.1. The lowest BCUT2D eigenvalue weighted by Crippen LogP contribution is -2.11. The van der Waals surface area contributed by atoms with Crippen LogP contribution in [0.3, 0.4) is 0 Å². The zero-order chi connectivity index (χ0) is 24.9. The highest BCUT2D eigenvalue weighted by Crippen LogP contribution is 2.35. The third-order valence-corrected chi connectivity index (χ3v) is 6.44. The number of ether oxygens (including phenoxy) is 1. The van der Waals surface area contributed by atoms with Gasteiger partial charge in [0.1, 0.15) is 18.2 Å². The lowest BCUT2D eigenvalue weighted by Gasteiger charge is -2.19. The Morgan fingerprint density at radius 1 is 0.771 bits per heavy atom. The van der Waals surface area contributed by atoms with E-state index in [0.29, 0.717) is 29.7 Å². The van der Waals surface area contributed by atoms with E-state index in [4.69, 9.17) is 4.74 Å². The average molecular weight is 481 g/mol. The molecule has 35 heavy (non-hydrogen) atoms. The molecule has 1 aliphatic rings. The molecule has 1 atom stereocenters. The number of hydrogen-bond acceptors (Lipinski definition) is 1. The number of halogens is 4. The summed E-state index contributed by atoms with van der Waals surface area (Å²) in [6.45, 7) is 3.81. The molecule has 0 unspecified atom stereocenters. The molecule has 3 aromatic rings. The van der Waals surface area contributed by atoms with Gasteiger partial charge in [0.2, 0.25) is 0 Å². The number of aryl methyl sites for hydroxylation is 1. The largest absolute Gasteiger partial charge is 0.489 e. The maximum Gasteiger partial charge on any atom is 0.167 e. The van der Waals surface area contributed by atoms with E-state index in [1.807, 2.05) is 31.2 Å². The molecular formula is C30H28F4O. The fourth-order valence-corrected chi connectivity index (χ4v) is 4.31. The summed E-state index contributed by atoms with van der Waals surface area (Å²) in [5.41, 5.74) is 2.79. The molecule has 0 saturated heterocycles. The minimum Gasteiger partial charge on any atom is -0.489 e. The molecule has 5 heteroatoms. The molecule has 0 heterocycles. The topological polar surface area (TPSA) is 9.23 Å². The SMILES string of the molecule is CCCc1ccc(-c2ccc(-c3ccc(OCC4=CC[C@H](CC)C(F)=C4F)cc3)c(F)c2F)cc1. The van der Waals surface area contributed by atoms with Gasteiger partial charge in [0, 0.05) is 22.6 Å². The van der Waals surface area contributed by atoms with E-state index < -0.39 is 29.2 Å². The Morgan fingerprint density at radius 2 is 1.34 bits per heavy atom. The maximum absolute atomic E-state index is 15.0. The Labute approximate surface area is 203 Å². The number of benzene rings is 3. The van der Waals surface area contributed by atoms with Crippen molar-refractivity contribution < 1.29 is 22.3 Å². The van der Waals surface area contributed by atoms with Crippen LogP contribution in [0.4, 0.5) is 17.6 Å². The summed E-state index contributed by atoms with van der Waals surface area (Å²) in [5, 5.41) is 0. The molecule has 0 radical (unpaired) electrons. The highest BCUT2D eigenvalue weighted by Gasteiger charge is 2.24. The van der Waals surface area contributed by atoms with Crippen molar-refractivity contribution in [2.75, 3.05) is 6.61 Å². The lowest BCUT2D eigenvalue weighted by molar-refractivity contribution is 0.335. The predicted octanol–water partition coefficient (Wildman–Crippen LogP) is 9.14. The smallest absolute Gasteiger partial charge is 0.167 e. The summed E-state index contributed by atoms with van der Waals surface area (Å²) < 4.78 is 63.8. The van der Waals surface area contributed by atoms with Crippen LogP contribution in [-0.4, -0.2) is 6.61 Å². The molecule has 0 bridgehead atoms. The van der Waals surface area contributed by atoms with Gasteiger partial charge in [0.05, 0.1) is 0 Å². The van der Waals surface area contributed by atoms with Crippen molar-refractivity contribution in [1.82, 2.24) is 0 Å². The second-order valence-electron chi connectivity index (χ2n) is 8.78. The van der Waals surface area contributed by atoms with Gasteiger partial charge >= 0.3 is 0 Å². The van der Waals surface area contributed by atoms with E-state index >= 15 is 0 Å². The van der Waals surface area contributed by atoms with Crippen LogP contribution in [0.25, 0.3) is 22.3 Å². The highest BCUT2D eigenvalue weighted by atomic mass is 19.2. The van der Waals surface area contributed by atoms with Crippen molar-refractivity contribution >= 4 is 0 Å². The first kappa shape index (κ1) is 24.8. The average Bonchev–Trinajstić information content (AvgIpc) is 2.88. The van der Waals surface area contributed by atoms with Crippen LogP contribution >= 0.6 is 0 Å². The minimum absolute atomic E-state index is 0.107. The fraction of sp³-hybridized carbons (Fsp3) is 0.267. The van der Waals surface area contributed by atoms with Gasteiger partial charge in [-0.1, -0.05) is 74.9 Å². The molecule has 4 rings (SSSR count). The molecular weight excluding hydrogens is 452 g/mol. The molecule has 0 aromatic heterocycles. The Bertz CT molecular complexity index is 1240. The summed E-state index contributed by atoms with van der Waals surface area (Å²) in [7, 11) is 0. The van der Waals surface area contributed by atoms with Gasteiger partial charge in [-0.05, 0) is 48.1 Å².